The van der Waals surface area contributed by atoms with Crippen molar-refractivity contribution < 1.29 is 14.3 Å². The Hall–Kier alpha value is -1.46. The predicted molar refractivity (Wildman–Crippen MR) is 112 cm³/mol. The highest BCUT2D eigenvalue weighted by atomic mass is 35.5. The van der Waals surface area contributed by atoms with Crippen LogP contribution in [0.4, 0.5) is 0 Å². The van der Waals surface area contributed by atoms with Crippen LogP contribution >= 0.6 is 12.4 Å². The van der Waals surface area contributed by atoms with Crippen LogP contribution in [0.25, 0.3) is 0 Å². The molecule has 1 saturated heterocycles. The van der Waals surface area contributed by atoms with Gasteiger partial charge in [-0.25, -0.2) is 0 Å². The van der Waals surface area contributed by atoms with Crippen LogP contribution < -0.4 is 20.1 Å². The molecule has 1 aliphatic heterocycles. The molecule has 3 unspecified atom stereocenters. The molecule has 1 fully saturated rings. The number of nitrogens with one attached hydrogen (secondary N) is 2. The number of halogens is 1. The molecule has 1 aromatic carbocycles. The van der Waals surface area contributed by atoms with Crippen molar-refractivity contribution in [3.8, 4) is 11.5 Å². The molecular formula is C21H35ClN2O3. The average Bonchev–Trinajstić information content (AvgIpc) is 2.64. The molecule has 1 aromatic rings. The number of hydrogen-bond donors (Lipinski definition) is 2. The topological polar surface area (TPSA) is 59.6 Å². The zero-order valence-corrected chi connectivity index (χ0v) is 17.9. The van der Waals surface area contributed by atoms with Crippen LogP contribution in [0.3, 0.4) is 0 Å². The standard InChI is InChI=1S/C21H34N2O3.ClH/c1-5-25-19-10-9-17(13-20(19)26-6-2)16(4)23-21(24)12-15(3)18-8-7-11-22-14-18;/h9-10,13,15-16,18,22H,5-8,11-12,14H2,1-4H3,(H,23,24);1H. The molecule has 154 valence electrons. The summed E-state index contributed by atoms with van der Waals surface area (Å²) in [5, 5.41) is 6.56. The second kappa shape index (κ2) is 12.1. The lowest BCUT2D eigenvalue weighted by molar-refractivity contribution is -0.123. The van der Waals surface area contributed by atoms with Gasteiger partial charge in [0, 0.05) is 6.42 Å². The average molecular weight is 399 g/mol. The molecule has 0 radical (unpaired) electrons. The zero-order chi connectivity index (χ0) is 18.9. The summed E-state index contributed by atoms with van der Waals surface area (Å²) in [6.07, 6.45) is 3.00. The summed E-state index contributed by atoms with van der Waals surface area (Å²) in [7, 11) is 0. The van der Waals surface area contributed by atoms with E-state index in [-0.39, 0.29) is 24.4 Å². The first-order chi connectivity index (χ1) is 12.5. The summed E-state index contributed by atoms with van der Waals surface area (Å²) in [4.78, 5) is 12.5. The molecule has 2 N–H and O–H groups in total. The third-order valence-corrected chi connectivity index (χ3v) is 5.09. The van der Waals surface area contributed by atoms with Gasteiger partial charge in [0.25, 0.3) is 0 Å². The molecule has 5 nitrogen and oxygen atoms in total. The highest BCUT2D eigenvalue weighted by Gasteiger charge is 2.23. The van der Waals surface area contributed by atoms with E-state index >= 15 is 0 Å². The van der Waals surface area contributed by atoms with E-state index in [0.29, 0.717) is 31.5 Å². The number of amides is 1. The molecule has 0 bridgehead atoms. The summed E-state index contributed by atoms with van der Waals surface area (Å²) >= 11 is 0. The van der Waals surface area contributed by atoms with Crippen molar-refractivity contribution in [2.45, 2.75) is 53.0 Å². The fourth-order valence-corrected chi connectivity index (χ4v) is 3.54. The van der Waals surface area contributed by atoms with Gasteiger partial charge < -0.3 is 20.1 Å². The quantitative estimate of drug-likeness (QED) is 0.657. The van der Waals surface area contributed by atoms with Gasteiger partial charge in [-0.15, -0.1) is 12.4 Å². The Labute approximate surface area is 170 Å². The van der Waals surface area contributed by atoms with Gasteiger partial charge in [0.15, 0.2) is 11.5 Å². The van der Waals surface area contributed by atoms with Gasteiger partial charge in [0.05, 0.1) is 19.3 Å². The highest BCUT2D eigenvalue weighted by Crippen LogP contribution is 2.31. The van der Waals surface area contributed by atoms with E-state index in [0.717, 1.165) is 30.2 Å². The fourth-order valence-electron chi connectivity index (χ4n) is 3.54. The van der Waals surface area contributed by atoms with Crippen molar-refractivity contribution in [1.29, 1.82) is 0 Å². The highest BCUT2D eigenvalue weighted by molar-refractivity contribution is 5.85. The molecule has 3 atom stereocenters. The Balaban J connectivity index is 0.00000364. The van der Waals surface area contributed by atoms with E-state index in [1.54, 1.807) is 0 Å². The summed E-state index contributed by atoms with van der Waals surface area (Å²) in [6, 6.07) is 5.82. The fraction of sp³-hybridized carbons (Fsp3) is 0.667. The number of hydrogen-bond acceptors (Lipinski definition) is 4. The molecular weight excluding hydrogens is 364 g/mol. The maximum atomic E-state index is 12.5. The van der Waals surface area contributed by atoms with Crippen LogP contribution in [0.15, 0.2) is 18.2 Å². The number of benzene rings is 1. The lowest BCUT2D eigenvalue weighted by Crippen LogP contribution is -2.36. The zero-order valence-electron chi connectivity index (χ0n) is 17.0. The van der Waals surface area contributed by atoms with Crippen LogP contribution in [0.5, 0.6) is 11.5 Å². The molecule has 1 amide bonds. The van der Waals surface area contributed by atoms with E-state index in [2.05, 4.69) is 17.6 Å². The van der Waals surface area contributed by atoms with Crippen molar-refractivity contribution in [2.75, 3.05) is 26.3 Å². The van der Waals surface area contributed by atoms with Gasteiger partial charge in [-0.05, 0) is 76.2 Å². The van der Waals surface area contributed by atoms with Crippen molar-refractivity contribution >= 4 is 18.3 Å². The monoisotopic (exact) mass is 398 g/mol. The van der Waals surface area contributed by atoms with E-state index in [1.807, 2.05) is 39.0 Å². The maximum Gasteiger partial charge on any atom is 0.220 e. The minimum Gasteiger partial charge on any atom is -0.490 e. The molecule has 0 aromatic heterocycles. The minimum absolute atomic E-state index is 0. The van der Waals surface area contributed by atoms with Gasteiger partial charge in [-0.1, -0.05) is 13.0 Å². The lowest BCUT2D eigenvalue weighted by Gasteiger charge is -2.28. The van der Waals surface area contributed by atoms with E-state index in [1.165, 1.54) is 12.8 Å². The largest absolute Gasteiger partial charge is 0.490 e. The summed E-state index contributed by atoms with van der Waals surface area (Å²) in [5.74, 6) is 2.58. The van der Waals surface area contributed by atoms with Crippen LogP contribution in [0, 0.1) is 11.8 Å². The molecule has 0 aliphatic carbocycles. The first kappa shape index (κ1) is 23.6. The van der Waals surface area contributed by atoms with Crippen molar-refractivity contribution in [1.82, 2.24) is 10.6 Å². The lowest BCUT2D eigenvalue weighted by atomic mass is 9.85. The van der Waals surface area contributed by atoms with Crippen LogP contribution in [-0.4, -0.2) is 32.2 Å². The van der Waals surface area contributed by atoms with Gasteiger partial charge in [-0.3, -0.25) is 4.79 Å². The molecule has 1 heterocycles. The third-order valence-electron chi connectivity index (χ3n) is 5.09. The van der Waals surface area contributed by atoms with E-state index < -0.39 is 0 Å². The van der Waals surface area contributed by atoms with E-state index in [4.69, 9.17) is 9.47 Å². The van der Waals surface area contributed by atoms with Gasteiger partial charge in [0.1, 0.15) is 0 Å². The normalized spacial score (nSPS) is 18.7. The maximum absolute atomic E-state index is 12.5. The molecule has 0 saturated carbocycles. The van der Waals surface area contributed by atoms with E-state index in [9.17, 15) is 4.79 Å². The first-order valence-electron chi connectivity index (χ1n) is 9.94. The molecule has 0 spiro atoms. The summed E-state index contributed by atoms with van der Waals surface area (Å²) in [6.45, 7) is 11.4. The number of carbonyl (C=O) groups excluding carboxylic acids is 1. The van der Waals surface area contributed by atoms with Gasteiger partial charge in [-0.2, -0.15) is 0 Å². The third kappa shape index (κ3) is 7.23. The first-order valence-corrected chi connectivity index (χ1v) is 9.94. The SMILES string of the molecule is CCOc1ccc(C(C)NC(=O)CC(C)C2CCCNC2)cc1OCC.Cl. The smallest absolute Gasteiger partial charge is 0.220 e. The molecule has 6 heteroatoms. The van der Waals surface area contributed by atoms with Gasteiger partial charge in [0.2, 0.25) is 5.91 Å². The second-order valence-electron chi connectivity index (χ2n) is 7.15. The molecule has 1 aliphatic rings. The van der Waals surface area contributed by atoms with Crippen molar-refractivity contribution in [2.24, 2.45) is 11.8 Å². The number of carbonyl (C=O) groups is 1. The van der Waals surface area contributed by atoms with Gasteiger partial charge >= 0.3 is 0 Å². The van der Waals surface area contributed by atoms with Crippen molar-refractivity contribution in [3.05, 3.63) is 23.8 Å². The van der Waals surface area contributed by atoms with Crippen LogP contribution in [-0.2, 0) is 4.79 Å². The number of rotatable bonds is 9. The Bertz CT molecular complexity index is 577. The molecule has 27 heavy (non-hydrogen) atoms. The summed E-state index contributed by atoms with van der Waals surface area (Å²) < 4.78 is 11.3. The Morgan fingerprint density at radius 1 is 1.22 bits per heavy atom. The summed E-state index contributed by atoms with van der Waals surface area (Å²) in [5.41, 5.74) is 1.03. The van der Waals surface area contributed by atoms with Crippen LogP contribution in [0.1, 0.15) is 58.6 Å². The van der Waals surface area contributed by atoms with Crippen molar-refractivity contribution in [3.63, 3.8) is 0 Å². The van der Waals surface area contributed by atoms with Crippen LogP contribution in [0.2, 0.25) is 0 Å². The number of ether oxygens (including phenoxy) is 2. The Morgan fingerprint density at radius 3 is 2.56 bits per heavy atom. The number of piperidine rings is 1. The predicted octanol–water partition coefficient (Wildman–Crippen LogP) is 4.11. The second-order valence-corrected chi connectivity index (χ2v) is 7.15. The minimum atomic E-state index is -0.0611. The molecule has 2 rings (SSSR count). The Morgan fingerprint density at radius 2 is 1.93 bits per heavy atom. The Kier molecular flexibility index (Phi) is 10.6.